The molecule has 1 rings (SSSR count). The predicted octanol–water partition coefficient (Wildman–Crippen LogP) is 3.11. The number of hydrogen-bond acceptors (Lipinski definition) is 2. The second kappa shape index (κ2) is 4.85. The van der Waals surface area contributed by atoms with Crippen molar-refractivity contribution in [2.24, 2.45) is 0 Å². The molecule has 4 heteroatoms. The molecular weight excluding hydrogens is 226 g/mol. The SMILES string of the molecule is Cc1ccc(C(=O)NOC(C)(C)C)cc1Cl. The van der Waals surface area contributed by atoms with E-state index in [1.165, 1.54) is 0 Å². The third-order valence-electron chi connectivity index (χ3n) is 1.88. The van der Waals surface area contributed by atoms with Gasteiger partial charge in [-0.25, -0.2) is 5.48 Å². The predicted molar refractivity (Wildman–Crippen MR) is 64.5 cm³/mol. The van der Waals surface area contributed by atoms with Gasteiger partial charge >= 0.3 is 0 Å². The van der Waals surface area contributed by atoms with Gasteiger partial charge in [-0.3, -0.25) is 9.63 Å². The van der Waals surface area contributed by atoms with Gasteiger partial charge in [0, 0.05) is 10.6 Å². The van der Waals surface area contributed by atoms with Crippen molar-refractivity contribution in [3.8, 4) is 0 Å². The minimum atomic E-state index is -0.413. The summed E-state index contributed by atoms with van der Waals surface area (Å²) in [6.45, 7) is 7.45. The Kier molecular flexibility index (Phi) is 3.94. The van der Waals surface area contributed by atoms with Crippen LogP contribution in [0.1, 0.15) is 36.7 Å². The van der Waals surface area contributed by atoms with Crippen molar-refractivity contribution in [3.05, 3.63) is 34.3 Å². The highest BCUT2D eigenvalue weighted by atomic mass is 35.5. The molecule has 1 N–H and O–H groups in total. The Labute approximate surface area is 101 Å². The highest BCUT2D eigenvalue weighted by molar-refractivity contribution is 6.31. The second-order valence-electron chi connectivity index (χ2n) is 4.61. The summed E-state index contributed by atoms with van der Waals surface area (Å²) >= 11 is 5.93. The molecule has 88 valence electrons. The first-order valence-electron chi connectivity index (χ1n) is 5.04. The van der Waals surface area contributed by atoms with Crippen LogP contribution in [0.4, 0.5) is 0 Å². The van der Waals surface area contributed by atoms with Gasteiger partial charge in [-0.05, 0) is 45.4 Å². The number of rotatable bonds is 2. The standard InChI is InChI=1S/C12H16ClNO2/c1-8-5-6-9(7-10(8)13)11(15)14-16-12(2,3)4/h5-7H,1-4H3,(H,14,15). The summed E-state index contributed by atoms with van der Waals surface area (Å²) in [5.41, 5.74) is 3.40. The molecule has 0 fully saturated rings. The zero-order valence-corrected chi connectivity index (χ0v) is 10.7. The maximum absolute atomic E-state index is 11.7. The second-order valence-corrected chi connectivity index (χ2v) is 5.02. The van der Waals surface area contributed by atoms with Gasteiger partial charge in [0.05, 0.1) is 5.60 Å². The first kappa shape index (κ1) is 13.0. The van der Waals surface area contributed by atoms with Crippen molar-refractivity contribution in [3.63, 3.8) is 0 Å². The van der Waals surface area contributed by atoms with Gasteiger partial charge in [0.1, 0.15) is 0 Å². The summed E-state index contributed by atoms with van der Waals surface area (Å²) in [6.07, 6.45) is 0. The lowest BCUT2D eigenvalue weighted by Gasteiger charge is -2.19. The minimum Gasteiger partial charge on any atom is -0.268 e. The van der Waals surface area contributed by atoms with E-state index in [2.05, 4.69) is 5.48 Å². The summed E-state index contributed by atoms with van der Waals surface area (Å²) < 4.78 is 0. The lowest BCUT2D eigenvalue weighted by molar-refractivity contribution is -0.0589. The van der Waals surface area contributed by atoms with Crippen LogP contribution in [-0.2, 0) is 4.84 Å². The molecule has 0 bridgehead atoms. The van der Waals surface area contributed by atoms with Crippen LogP contribution in [0.2, 0.25) is 5.02 Å². The van der Waals surface area contributed by atoms with Crippen LogP contribution in [-0.4, -0.2) is 11.5 Å². The van der Waals surface area contributed by atoms with Crippen molar-refractivity contribution < 1.29 is 9.63 Å². The molecule has 3 nitrogen and oxygen atoms in total. The summed E-state index contributed by atoms with van der Waals surface area (Å²) in [7, 11) is 0. The number of hydrogen-bond donors (Lipinski definition) is 1. The number of nitrogens with one attached hydrogen (secondary N) is 1. The van der Waals surface area contributed by atoms with Crippen molar-refractivity contribution in [2.75, 3.05) is 0 Å². The van der Waals surface area contributed by atoms with E-state index in [-0.39, 0.29) is 5.91 Å². The third kappa shape index (κ3) is 3.83. The maximum atomic E-state index is 11.7. The number of benzene rings is 1. The van der Waals surface area contributed by atoms with Gasteiger partial charge in [-0.1, -0.05) is 17.7 Å². The van der Waals surface area contributed by atoms with Crippen LogP contribution in [0.5, 0.6) is 0 Å². The zero-order valence-electron chi connectivity index (χ0n) is 9.93. The van der Waals surface area contributed by atoms with Gasteiger partial charge in [0.15, 0.2) is 0 Å². The molecule has 1 aromatic rings. The average Bonchev–Trinajstić information content (AvgIpc) is 2.17. The number of carbonyl (C=O) groups is 1. The fourth-order valence-corrected chi connectivity index (χ4v) is 1.17. The van der Waals surface area contributed by atoms with Gasteiger partial charge in [0.25, 0.3) is 5.91 Å². The molecule has 0 saturated carbocycles. The molecule has 0 aliphatic rings. The number of amides is 1. The van der Waals surface area contributed by atoms with E-state index in [1.807, 2.05) is 27.7 Å². The molecule has 0 spiro atoms. The number of hydroxylamine groups is 1. The Bertz CT molecular complexity index is 396. The fourth-order valence-electron chi connectivity index (χ4n) is 0.992. The van der Waals surface area contributed by atoms with E-state index in [9.17, 15) is 4.79 Å². The Morgan fingerprint density at radius 1 is 1.38 bits per heavy atom. The monoisotopic (exact) mass is 241 g/mol. The average molecular weight is 242 g/mol. The van der Waals surface area contributed by atoms with Gasteiger partial charge in [-0.2, -0.15) is 0 Å². The Morgan fingerprint density at radius 2 is 2.00 bits per heavy atom. The van der Waals surface area contributed by atoms with E-state index < -0.39 is 5.60 Å². The molecule has 0 aromatic heterocycles. The van der Waals surface area contributed by atoms with Crippen LogP contribution in [0.3, 0.4) is 0 Å². The Balaban J connectivity index is 2.70. The van der Waals surface area contributed by atoms with Gasteiger partial charge in [-0.15, -0.1) is 0 Å². The summed E-state index contributed by atoms with van der Waals surface area (Å²) in [4.78, 5) is 16.8. The molecule has 0 aliphatic heterocycles. The van der Waals surface area contributed by atoms with E-state index >= 15 is 0 Å². The van der Waals surface area contributed by atoms with E-state index in [0.717, 1.165) is 5.56 Å². The first-order valence-corrected chi connectivity index (χ1v) is 5.42. The highest BCUT2D eigenvalue weighted by Crippen LogP contribution is 2.16. The Morgan fingerprint density at radius 3 is 2.50 bits per heavy atom. The van der Waals surface area contributed by atoms with Crippen LogP contribution in [0, 0.1) is 6.92 Å². The molecule has 0 radical (unpaired) electrons. The van der Waals surface area contributed by atoms with Crippen LogP contribution in [0.15, 0.2) is 18.2 Å². The molecule has 1 aromatic carbocycles. The van der Waals surface area contributed by atoms with Gasteiger partial charge in [0.2, 0.25) is 0 Å². The smallest absolute Gasteiger partial charge is 0.268 e. The molecule has 0 saturated heterocycles. The molecule has 0 unspecified atom stereocenters. The van der Waals surface area contributed by atoms with Crippen LogP contribution in [0.25, 0.3) is 0 Å². The zero-order chi connectivity index (χ0) is 12.3. The molecule has 1 amide bonds. The summed E-state index contributed by atoms with van der Waals surface area (Å²) in [5, 5.41) is 0.573. The number of aryl methyl sites for hydroxylation is 1. The van der Waals surface area contributed by atoms with Crippen molar-refractivity contribution in [1.29, 1.82) is 0 Å². The van der Waals surface area contributed by atoms with E-state index in [4.69, 9.17) is 16.4 Å². The lowest BCUT2D eigenvalue weighted by atomic mass is 10.1. The van der Waals surface area contributed by atoms with E-state index in [0.29, 0.717) is 10.6 Å². The molecule has 16 heavy (non-hydrogen) atoms. The van der Waals surface area contributed by atoms with Crippen molar-refractivity contribution in [1.82, 2.24) is 5.48 Å². The largest absolute Gasteiger partial charge is 0.274 e. The minimum absolute atomic E-state index is 0.295. The molecular formula is C12H16ClNO2. The van der Waals surface area contributed by atoms with Gasteiger partial charge < -0.3 is 0 Å². The van der Waals surface area contributed by atoms with E-state index in [1.54, 1.807) is 18.2 Å². The molecule has 0 heterocycles. The first-order chi connectivity index (χ1) is 7.29. The Hall–Kier alpha value is -1.06. The van der Waals surface area contributed by atoms with Crippen molar-refractivity contribution >= 4 is 17.5 Å². The number of carbonyl (C=O) groups excluding carboxylic acids is 1. The van der Waals surface area contributed by atoms with Crippen LogP contribution >= 0.6 is 11.6 Å². The quantitative estimate of drug-likeness (QED) is 0.808. The fraction of sp³-hybridized carbons (Fsp3) is 0.417. The third-order valence-corrected chi connectivity index (χ3v) is 2.29. The molecule has 0 aliphatic carbocycles. The lowest BCUT2D eigenvalue weighted by Crippen LogP contribution is -2.33. The van der Waals surface area contributed by atoms with Crippen molar-refractivity contribution in [2.45, 2.75) is 33.3 Å². The summed E-state index contributed by atoms with van der Waals surface area (Å²) in [5.74, 6) is -0.295. The topological polar surface area (TPSA) is 38.3 Å². The highest BCUT2D eigenvalue weighted by Gasteiger charge is 2.14. The maximum Gasteiger partial charge on any atom is 0.274 e. The van der Waals surface area contributed by atoms with Crippen LogP contribution < -0.4 is 5.48 Å². The number of halogens is 1. The molecule has 0 atom stereocenters. The normalized spacial score (nSPS) is 11.3. The summed E-state index contributed by atoms with van der Waals surface area (Å²) in [6, 6.07) is 5.13.